The molecule has 3 aromatic carbocycles. The highest BCUT2D eigenvalue weighted by Crippen LogP contribution is 2.33. The zero-order chi connectivity index (χ0) is 25.7. The van der Waals surface area contributed by atoms with E-state index in [2.05, 4.69) is 10.3 Å². The van der Waals surface area contributed by atoms with Crippen molar-refractivity contribution >= 4 is 57.5 Å². The summed E-state index contributed by atoms with van der Waals surface area (Å²) in [5.74, 6) is 0.168. The van der Waals surface area contributed by atoms with E-state index < -0.39 is 5.25 Å². The maximum absolute atomic E-state index is 13.3. The van der Waals surface area contributed by atoms with Crippen molar-refractivity contribution in [2.24, 2.45) is 4.99 Å². The van der Waals surface area contributed by atoms with Crippen LogP contribution in [0.4, 0.5) is 11.4 Å². The number of ketones is 1. The van der Waals surface area contributed by atoms with Gasteiger partial charge in [-0.1, -0.05) is 35.5 Å². The van der Waals surface area contributed by atoms with Gasteiger partial charge in [0.2, 0.25) is 11.8 Å². The number of hydrogen-bond donors (Lipinski definition) is 1. The Hall–Kier alpha value is -3.62. The standard InChI is InChI=1S/C27H24ClN3O4S/c1-17(32)19-5-9-21(10-6-19)29-25(33)15-24-26(34)31(16-18-3-7-20(28)8-4-18)27(36-24)30-22-11-13-23(35-2)14-12-22/h3-14,24H,15-16H2,1-2H3,(H,29,33)/t24-/m1/s1. The summed E-state index contributed by atoms with van der Waals surface area (Å²) in [7, 11) is 1.59. The van der Waals surface area contributed by atoms with E-state index in [0.29, 0.717) is 39.4 Å². The zero-order valence-electron chi connectivity index (χ0n) is 19.7. The van der Waals surface area contributed by atoms with Gasteiger partial charge in [-0.15, -0.1) is 0 Å². The number of amides is 2. The topological polar surface area (TPSA) is 88.1 Å². The minimum Gasteiger partial charge on any atom is -0.497 e. The van der Waals surface area contributed by atoms with Crippen molar-refractivity contribution in [2.45, 2.75) is 25.1 Å². The lowest BCUT2D eigenvalue weighted by Crippen LogP contribution is -2.33. The van der Waals surface area contributed by atoms with Gasteiger partial charge >= 0.3 is 0 Å². The van der Waals surface area contributed by atoms with Gasteiger partial charge < -0.3 is 10.1 Å². The van der Waals surface area contributed by atoms with Gasteiger partial charge in [0.15, 0.2) is 11.0 Å². The summed E-state index contributed by atoms with van der Waals surface area (Å²) < 4.78 is 5.20. The summed E-state index contributed by atoms with van der Waals surface area (Å²) in [6.45, 7) is 1.79. The van der Waals surface area contributed by atoms with Crippen LogP contribution in [0.5, 0.6) is 5.75 Å². The summed E-state index contributed by atoms with van der Waals surface area (Å²) in [6.07, 6.45) is -0.0172. The third kappa shape index (κ3) is 6.33. The van der Waals surface area contributed by atoms with Gasteiger partial charge in [0, 0.05) is 22.7 Å². The second kappa shape index (κ2) is 11.4. The monoisotopic (exact) mass is 521 g/mol. The number of nitrogens with zero attached hydrogens (tertiary/aromatic N) is 2. The molecule has 9 heteroatoms. The van der Waals surface area contributed by atoms with Crippen molar-refractivity contribution in [3.63, 3.8) is 0 Å². The number of hydrogen-bond acceptors (Lipinski definition) is 6. The molecule has 1 fully saturated rings. The molecule has 1 heterocycles. The number of aliphatic imine (C=N–C) groups is 1. The minimum absolute atomic E-state index is 0.0172. The van der Waals surface area contributed by atoms with E-state index in [1.54, 1.807) is 60.5 Å². The average Bonchev–Trinajstić information content (AvgIpc) is 3.14. The Kier molecular flexibility index (Phi) is 8.07. The van der Waals surface area contributed by atoms with Crippen molar-refractivity contribution < 1.29 is 19.1 Å². The number of anilines is 1. The summed E-state index contributed by atoms with van der Waals surface area (Å²) in [5.41, 5.74) is 2.69. The lowest BCUT2D eigenvalue weighted by molar-refractivity contribution is -0.128. The fourth-order valence-corrected chi connectivity index (χ4v) is 4.86. The molecule has 4 rings (SSSR count). The Morgan fingerprint density at radius 2 is 1.69 bits per heavy atom. The van der Waals surface area contributed by atoms with Crippen molar-refractivity contribution in [2.75, 3.05) is 12.4 Å². The molecule has 0 spiro atoms. The first-order valence-corrected chi connectivity index (χ1v) is 12.4. The summed E-state index contributed by atoms with van der Waals surface area (Å²) >= 11 is 7.27. The third-order valence-electron chi connectivity index (χ3n) is 5.52. The number of benzene rings is 3. The van der Waals surface area contributed by atoms with Gasteiger partial charge in [0.05, 0.1) is 19.3 Å². The van der Waals surface area contributed by atoms with Crippen LogP contribution in [-0.2, 0) is 16.1 Å². The molecule has 1 saturated heterocycles. The Morgan fingerprint density at radius 3 is 2.31 bits per heavy atom. The molecule has 1 N–H and O–H groups in total. The van der Waals surface area contributed by atoms with Gasteiger partial charge in [-0.25, -0.2) is 4.99 Å². The van der Waals surface area contributed by atoms with E-state index in [-0.39, 0.29) is 24.0 Å². The molecular formula is C27H24ClN3O4S. The Bertz CT molecular complexity index is 1290. The highest BCUT2D eigenvalue weighted by atomic mass is 35.5. The molecule has 36 heavy (non-hydrogen) atoms. The summed E-state index contributed by atoms with van der Waals surface area (Å²) in [5, 5.41) is 3.31. The van der Waals surface area contributed by atoms with Gasteiger partial charge in [0.1, 0.15) is 11.0 Å². The molecule has 2 amide bonds. The molecule has 7 nitrogen and oxygen atoms in total. The number of amidine groups is 1. The number of carbonyl (C=O) groups is 3. The Balaban J connectivity index is 1.52. The molecule has 184 valence electrons. The zero-order valence-corrected chi connectivity index (χ0v) is 21.3. The van der Waals surface area contributed by atoms with Crippen LogP contribution < -0.4 is 10.1 Å². The minimum atomic E-state index is -0.620. The molecule has 0 saturated carbocycles. The van der Waals surface area contributed by atoms with Gasteiger partial charge in [0.25, 0.3) is 0 Å². The number of carbonyl (C=O) groups excluding carboxylic acids is 3. The van der Waals surface area contributed by atoms with Crippen LogP contribution in [-0.4, -0.2) is 40.0 Å². The van der Waals surface area contributed by atoms with Crippen LogP contribution in [0.3, 0.4) is 0 Å². The SMILES string of the molecule is COc1ccc(N=C2S[C@H](CC(=O)Nc3ccc(C(C)=O)cc3)C(=O)N2Cc2ccc(Cl)cc2)cc1. The van der Waals surface area contributed by atoms with Crippen LogP contribution in [0.2, 0.25) is 5.02 Å². The molecule has 3 aromatic rings. The average molecular weight is 522 g/mol. The highest BCUT2D eigenvalue weighted by molar-refractivity contribution is 8.15. The molecule has 0 aromatic heterocycles. The largest absolute Gasteiger partial charge is 0.497 e. The van der Waals surface area contributed by atoms with E-state index in [4.69, 9.17) is 16.3 Å². The van der Waals surface area contributed by atoms with Gasteiger partial charge in [-0.2, -0.15) is 0 Å². The molecule has 1 atom stereocenters. The predicted octanol–water partition coefficient (Wildman–Crippen LogP) is 5.71. The van der Waals surface area contributed by atoms with Crippen LogP contribution in [0, 0.1) is 0 Å². The van der Waals surface area contributed by atoms with E-state index >= 15 is 0 Å². The van der Waals surface area contributed by atoms with Crippen LogP contribution >= 0.6 is 23.4 Å². The van der Waals surface area contributed by atoms with E-state index in [1.807, 2.05) is 24.3 Å². The number of thioether (sulfide) groups is 1. The second-order valence-corrected chi connectivity index (χ2v) is 9.74. The molecule has 0 aliphatic carbocycles. The number of rotatable bonds is 8. The molecule has 1 aliphatic heterocycles. The summed E-state index contributed by atoms with van der Waals surface area (Å²) in [6, 6.07) is 21.1. The van der Waals surface area contributed by atoms with Crippen LogP contribution in [0.15, 0.2) is 77.8 Å². The number of ether oxygens (including phenoxy) is 1. The van der Waals surface area contributed by atoms with E-state index in [9.17, 15) is 14.4 Å². The molecule has 0 radical (unpaired) electrons. The van der Waals surface area contributed by atoms with Crippen molar-refractivity contribution in [1.29, 1.82) is 0 Å². The lowest BCUT2D eigenvalue weighted by atomic mass is 10.1. The van der Waals surface area contributed by atoms with Crippen molar-refractivity contribution in [3.8, 4) is 5.75 Å². The molecule has 1 aliphatic rings. The van der Waals surface area contributed by atoms with E-state index in [1.165, 1.54) is 18.7 Å². The normalized spacial score (nSPS) is 16.3. The highest BCUT2D eigenvalue weighted by Gasteiger charge is 2.39. The van der Waals surface area contributed by atoms with Gasteiger partial charge in [-0.3, -0.25) is 19.3 Å². The predicted molar refractivity (Wildman–Crippen MR) is 143 cm³/mol. The summed E-state index contributed by atoms with van der Waals surface area (Å²) in [4.78, 5) is 43.8. The first-order valence-electron chi connectivity index (χ1n) is 11.2. The Labute approximate surface area is 218 Å². The maximum atomic E-state index is 13.3. The number of nitrogens with one attached hydrogen (secondary N) is 1. The molecular weight excluding hydrogens is 498 g/mol. The third-order valence-corrected chi connectivity index (χ3v) is 6.94. The van der Waals surface area contributed by atoms with Gasteiger partial charge in [-0.05, 0) is 73.2 Å². The molecule has 0 unspecified atom stereocenters. The van der Waals surface area contributed by atoms with Crippen molar-refractivity contribution in [1.82, 2.24) is 4.90 Å². The second-order valence-electron chi connectivity index (χ2n) is 8.14. The lowest BCUT2D eigenvalue weighted by Gasteiger charge is -2.17. The fourth-order valence-electron chi connectivity index (χ4n) is 3.58. The number of Topliss-reactive ketones (excluding diaryl/α,β-unsaturated/α-hetero) is 1. The van der Waals surface area contributed by atoms with Crippen molar-refractivity contribution in [3.05, 3.63) is 88.9 Å². The van der Waals surface area contributed by atoms with E-state index in [0.717, 1.165) is 5.56 Å². The first-order chi connectivity index (χ1) is 17.3. The Morgan fingerprint density at radius 1 is 1.03 bits per heavy atom. The fraction of sp³-hybridized carbons (Fsp3) is 0.185. The molecule has 0 bridgehead atoms. The number of methoxy groups -OCH3 is 1. The first kappa shape index (κ1) is 25.5. The maximum Gasteiger partial charge on any atom is 0.242 e. The smallest absolute Gasteiger partial charge is 0.242 e. The van der Waals surface area contributed by atoms with Crippen LogP contribution in [0.1, 0.15) is 29.3 Å². The number of halogens is 1. The van der Waals surface area contributed by atoms with Crippen LogP contribution in [0.25, 0.3) is 0 Å². The quantitative estimate of drug-likeness (QED) is 0.383.